The van der Waals surface area contributed by atoms with Crippen molar-refractivity contribution in [2.45, 2.75) is 58.0 Å². The van der Waals surface area contributed by atoms with Gasteiger partial charge in [0.25, 0.3) is 0 Å². The van der Waals surface area contributed by atoms with Gasteiger partial charge in [0.15, 0.2) is 0 Å². The summed E-state index contributed by atoms with van der Waals surface area (Å²) in [5.74, 6) is 0.696. The second-order valence-corrected chi connectivity index (χ2v) is 6.18. The first kappa shape index (κ1) is 14.8. The second kappa shape index (κ2) is 7.25. The van der Waals surface area contributed by atoms with E-state index in [0.717, 1.165) is 38.9 Å². The van der Waals surface area contributed by atoms with E-state index >= 15 is 0 Å². The fourth-order valence-corrected chi connectivity index (χ4v) is 3.16. The molecule has 2 unspecified atom stereocenters. The van der Waals surface area contributed by atoms with Crippen molar-refractivity contribution in [1.29, 1.82) is 0 Å². The van der Waals surface area contributed by atoms with Gasteiger partial charge in [-0.25, -0.2) is 0 Å². The molecular formula is C15H29N3O. The van der Waals surface area contributed by atoms with Crippen molar-refractivity contribution in [1.82, 2.24) is 15.5 Å². The summed E-state index contributed by atoms with van der Waals surface area (Å²) in [6, 6.07) is 0.429. The summed E-state index contributed by atoms with van der Waals surface area (Å²) in [7, 11) is 0. The summed E-state index contributed by atoms with van der Waals surface area (Å²) in [6.07, 6.45) is 5.89. The normalized spacial score (nSPS) is 29.6. The van der Waals surface area contributed by atoms with Crippen molar-refractivity contribution >= 4 is 5.91 Å². The van der Waals surface area contributed by atoms with E-state index in [4.69, 9.17) is 0 Å². The molecule has 4 heteroatoms. The number of nitrogens with one attached hydrogen (secondary N) is 2. The molecule has 4 nitrogen and oxygen atoms in total. The zero-order chi connectivity index (χ0) is 13.7. The smallest absolute Gasteiger partial charge is 0.237 e. The third kappa shape index (κ3) is 4.18. The molecule has 0 saturated carbocycles. The van der Waals surface area contributed by atoms with Crippen molar-refractivity contribution in [3.05, 3.63) is 0 Å². The maximum absolute atomic E-state index is 12.2. The highest BCUT2D eigenvalue weighted by atomic mass is 16.2. The molecule has 0 aromatic rings. The van der Waals surface area contributed by atoms with Crippen molar-refractivity contribution in [2.75, 3.05) is 26.2 Å². The Balaban J connectivity index is 1.69. The molecule has 2 aliphatic rings. The number of hydrogen-bond donors (Lipinski definition) is 2. The molecule has 2 N–H and O–H groups in total. The lowest BCUT2D eigenvalue weighted by Gasteiger charge is -2.33. The van der Waals surface area contributed by atoms with Crippen LogP contribution in [0.5, 0.6) is 0 Å². The number of unbranched alkanes of at least 4 members (excludes halogenated alkanes) is 1. The molecule has 2 saturated heterocycles. The van der Waals surface area contributed by atoms with Gasteiger partial charge in [-0.2, -0.15) is 0 Å². The Morgan fingerprint density at radius 1 is 1.32 bits per heavy atom. The van der Waals surface area contributed by atoms with Gasteiger partial charge in [0.05, 0.1) is 6.04 Å². The number of carbonyl (C=O) groups is 1. The number of hydrogen-bond acceptors (Lipinski definition) is 3. The SMILES string of the molecule is CCCCN1CCC(NC(=O)C2NCCC2C)CC1. The van der Waals surface area contributed by atoms with Crippen molar-refractivity contribution in [3.63, 3.8) is 0 Å². The van der Waals surface area contributed by atoms with Gasteiger partial charge in [-0.05, 0) is 44.7 Å². The molecule has 2 atom stereocenters. The molecule has 0 spiro atoms. The van der Waals surface area contributed by atoms with Crippen LogP contribution in [0.15, 0.2) is 0 Å². The minimum absolute atomic E-state index is 0.0399. The molecule has 110 valence electrons. The third-order valence-electron chi connectivity index (χ3n) is 4.58. The van der Waals surface area contributed by atoms with Gasteiger partial charge in [-0.1, -0.05) is 20.3 Å². The number of rotatable bonds is 5. The molecule has 0 aromatic heterocycles. The van der Waals surface area contributed by atoms with Crippen LogP contribution in [0, 0.1) is 5.92 Å². The predicted octanol–water partition coefficient (Wildman–Crippen LogP) is 1.37. The van der Waals surface area contributed by atoms with E-state index in [1.165, 1.54) is 19.4 Å². The number of piperidine rings is 1. The van der Waals surface area contributed by atoms with Gasteiger partial charge < -0.3 is 15.5 Å². The zero-order valence-corrected chi connectivity index (χ0v) is 12.5. The Labute approximate surface area is 117 Å². The largest absolute Gasteiger partial charge is 0.352 e. The topological polar surface area (TPSA) is 44.4 Å². The van der Waals surface area contributed by atoms with Gasteiger partial charge >= 0.3 is 0 Å². The first-order chi connectivity index (χ1) is 9.20. The molecule has 0 bridgehead atoms. The first-order valence-electron chi connectivity index (χ1n) is 7.96. The summed E-state index contributed by atoms with van der Waals surface area (Å²) in [5.41, 5.74) is 0. The third-order valence-corrected chi connectivity index (χ3v) is 4.58. The number of carbonyl (C=O) groups excluding carboxylic acids is 1. The van der Waals surface area contributed by atoms with Crippen LogP contribution < -0.4 is 10.6 Å². The summed E-state index contributed by atoms with van der Waals surface area (Å²) in [4.78, 5) is 14.7. The molecule has 1 amide bonds. The highest BCUT2D eigenvalue weighted by Crippen LogP contribution is 2.16. The van der Waals surface area contributed by atoms with Crippen molar-refractivity contribution in [2.24, 2.45) is 5.92 Å². The van der Waals surface area contributed by atoms with Crippen LogP contribution in [-0.4, -0.2) is 49.1 Å². The fourth-order valence-electron chi connectivity index (χ4n) is 3.16. The molecule has 2 heterocycles. The molecule has 0 radical (unpaired) electrons. The molecule has 19 heavy (non-hydrogen) atoms. The molecular weight excluding hydrogens is 238 g/mol. The van der Waals surface area contributed by atoms with Crippen LogP contribution in [0.25, 0.3) is 0 Å². The van der Waals surface area contributed by atoms with E-state index in [1.54, 1.807) is 0 Å². The molecule has 2 fully saturated rings. The van der Waals surface area contributed by atoms with E-state index in [1.807, 2.05) is 0 Å². The van der Waals surface area contributed by atoms with Crippen LogP contribution in [0.2, 0.25) is 0 Å². The van der Waals surface area contributed by atoms with E-state index < -0.39 is 0 Å². The van der Waals surface area contributed by atoms with Crippen LogP contribution in [-0.2, 0) is 4.79 Å². The summed E-state index contributed by atoms with van der Waals surface area (Å²) in [5, 5.41) is 6.55. The average molecular weight is 267 g/mol. The lowest BCUT2D eigenvalue weighted by Crippen LogP contribution is -2.50. The number of amides is 1. The lowest BCUT2D eigenvalue weighted by atomic mass is 10.0. The van der Waals surface area contributed by atoms with Gasteiger partial charge in [0.2, 0.25) is 5.91 Å². The summed E-state index contributed by atoms with van der Waals surface area (Å²) in [6.45, 7) is 8.88. The highest BCUT2D eigenvalue weighted by molar-refractivity contribution is 5.82. The van der Waals surface area contributed by atoms with Crippen molar-refractivity contribution < 1.29 is 4.79 Å². The van der Waals surface area contributed by atoms with Crippen LogP contribution in [0.3, 0.4) is 0 Å². The maximum atomic E-state index is 12.2. The van der Waals surface area contributed by atoms with E-state index in [0.29, 0.717) is 12.0 Å². The van der Waals surface area contributed by atoms with Gasteiger partial charge in [0.1, 0.15) is 0 Å². The maximum Gasteiger partial charge on any atom is 0.237 e. The Morgan fingerprint density at radius 3 is 2.63 bits per heavy atom. The van der Waals surface area contributed by atoms with Crippen LogP contribution in [0.4, 0.5) is 0 Å². The second-order valence-electron chi connectivity index (χ2n) is 6.18. The van der Waals surface area contributed by atoms with Crippen LogP contribution in [0.1, 0.15) is 46.0 Å². The quantitative estimate of drug-likeness (QED) is 0.790. The van der Waals surface area contributed by atoms with Gasteiger partial charge in [-0.3, -0.25) is 4.79 Å². The molecule has 0 aromatic carbocycles. The molecule has 0 aliphatic carbocycles. The Morgan fingerprint density at radius 2 is 2.05 bits per heavy atom. The minimum atomic E-state index is 0.0399. The van der Waals surface area contributed by atoms with E-state index in [9.17, 15) is 4.79 Å². The Bertz CT molecular complexity index is 287. The Hall–Kier alpha value is -0.610. The van der Waals surface area contributed by atoms with E-state index in [-0.39, 0.29) is 11.9 Å². The summed E-state index contributed by atoms with van der Waals surface area (Å²) >= 11 is 0. The number of nitrogens with zero attached hydrogens (tertiary/aromatic N) is 1. The summed E-state index contributed by atoms with van der Waals surface area (Å²) < 4.78 is 0. The first-order valence-corrected chi connectivity index (χ1v) is 7.96. The van der Waals surface area contributed by atoms with E-state index in [2.05, 4.69) is 29.4 Å². The number of likely N-dealkylation sites (tertiary alicyclic amines) is 1. The van der Waals surface area contributed by atoms with Gasteiger partial charge in [-0.15, -0.1) is 0 Å². The Kier molecular flexibility index (Phi) is 5.64. The average Bonchev–Trinajstić information content (AvgIpc) is 2.84. The van der Waals surface area contributed by atoms with Crippen molar-refractivity contribution in [3.8, 4) is 0 Å². The standard InChI is InChI=1S/C15H29N3O/c1-3-4-9-18-10-6-13(7-11-18)17-15(19)14-12(2)5-8-16-14/h12-14,16H,3-11H2,1-2H3,(H,17,19). The predicted molar refractivity (Wildman–Crippen MR) is 78.1 cm³/mol. The fraction of sp³-hybridized carbons (Fsp3) is 0.933. The minimum Gasteiger partial charge on any atom is -0.352 e. The molecule has 2 rings (SSSR count). The zero-order valence-electron chi connectivity index (χ0n) is 12.5. The monoisotopic (exact) mass is 267 g/mol. The highest BCUT2D eigenvalue weighted by Gasteiger charge is 2.31. The van der Waals surface area contributed by atoms with Crippen LogP contribution >= 0.6 is 0 Å². The van der Waals surface area contributed by atoms with Gasteiger partial charge in [0, 0.05) is 19.1 Å². The lowest BCUT2D eigenvalue weighted by molar-refractivity contribution is -0.124. The molecule has 2 aliphatic heterocycles.